The number of methoxy groups -OCH3 is 1. The Labute approximate surface area is 212 Å². The van der Waals surface area contributed by atoms with Crippen molar-refractivity contribution in [3.8, 4) is 17.2 Å². The molecule has 0 aliphatic carbocycles. The van der Waals surface area contributed by atoms with Crippen molar-refractivity contribution in [2.24, 2.45) is 0 Å². The minimum Gasteiger partial charge on any atom is -0.497 e. The smallest absolute Gasteiger partial charge is 0.244 e. The minimum atomic E-state index is -3.84. The van der Waals surface area contributed by atoms with Gasteiger partial charge in [0.15, 0.2) is 11.5 Å². The molecule has 0 fully saturated rings. The van der Waals surface area contributed by atoms with Crippen LogP contribution in [0.2, 0.25) is 0 Å². The number of carbonyl (C=O) groups excluding carboxylic acids is 2. The summed E-state index contributed by atoms with van der Waals surface area (Å²) in [5.41, 5.74) is 1.00. The van der Waals surface area contributed by atoms with Crippen LogP contribution in [0.4, 0.5) is 5.69 Å². The number of benzene rings is 2. The van der Waals surface area contributed by atoms with Gasteiger partial charge in [0.2, 0.25) is 28.6 Å². The van der Waals surface area contributed by atoms with Crippen molar-refractivity contribution >= 4 is 27.5 Å². The van der Waals surface area contributed by atoms with Crippen LogP contribution in [0.15, 0.2) is 42.5 Å². The van der Waals surface area contributed by atoms with Gasteiger partial charge in [-0.2, -0.15) is 0 Å². The van der Waals surface area contributed by atoms with Crippen LogP contribution in [0.25, 0.3) is 0 Å². The molecule has 0 spiro atoms. The fraction of sp³-hybridized carbons (Fsp3) is 0.440. The molecule has 2 aromatic rings. The van der Waals surface area contributed by atoms with E-state index < -0.39 is 28.5 Å². The summed E-state index contributed by atoms with van der Waals surface area (Å²) in [6, 6.07) is 11.0. The van der Waals surface area contributed by atoms with E-state index in [4.69, 9.17) is 14.2 Å². The summed E-state index contributed by atoms with van der Waals surface area (Å²) in [5, 5.41) is 2.85. The van der Waals surface area contributed by atoms with Crippen LogP contribution in [0.1, 0.15) is 32.3 Å². The molecule has 0 bridgehead atoms. The number of nitrogens with zero attached hydrogens (tertiary/aromatic N) is 2. The first-order chi connectivity index (χ1) is 17.1. The summed E-state index contributed by atoms with van der Waals surface area (Å²) >= 11 is 0. The number of fused-ring (bicyclic) bond motifs is 1. The highest BCUT2D eigenvalue weighted by molar-refractivity contribution is 7.92. The van der Waals surface area contributed by atoms with E-state index in [1.807, 2.05) is 13.0 Å². The maximum absolute atomic E-state index is 13.6. The van der Waals surface area contributed by atoms with Crippen LogP contribution in [0.3, 0.4) is 0 Å². The number of hydrogen-bond donors (Lipinski definition) is 1. The maximum atomic E-state index is 13.6. The van der Waals surface area contributed by atoms with E-state index in [2.05, 4.69) is 5.32 Å². The molecule has 1 atom stereocenters. The molecule has 2 aromatic carbocycles. The van der Waals surface area contributed by atoms with Gasteiger partial charge in [0.05, 0.1) is 19.1 Å². The first kappa shape index (κ1) is 27.1. The maximum Gasteiger partial charge on any atom is 0.244 e. The van der Waals surface area contributed by atoms with E-state index >= 15 is 0 Å². The lowest BCUT2D eigenvalue weighted by Gasteiger charge is -2.31. The third-order valence-electron chi connectivity index (χ3n) is 5.81. The van der Waals surface area contributed by atoms with Crippen molar-refractivity contribution < 1.29 is 32.2 Å². The summed E-state index contributed by atoms with van der Waals surface area (Å²) in [6.07, 6.45) is 2.76. The summed E-state index contributed by atoms with van der Waals surface area (Å²) in [7, 11) is -2.30. The van der Waals surface area contributed by atoms with Crippen molar-refractivity contribution in [1.29, 1.82) is 0 Å². The van der Waals surface area contributed by atoms with Crippen molar-refractivity contribution in [3.05, 3.63) is 48.0 Å². The first-order valence-electron chi connectivity index (χ1n) is 11.7. The highest BCUT2D eigenvalue weighted by Gasteiger charge is 2.30. The topological polar surface area (TPSA) is 114 Å². The summed E-state index contributed by atoms with van der Waals surface area (Å²) in [5.74, 6) is 0.659. The average molecular weight is 520 g/mol. The van der Waals surface area contributed by atoms with Crippen LogP contribution in [0, 0.1) is 0 Å². The normalized spacial score (nSPS) is 13.1. The van der Waals surface area contributed by atoms with Gasteiger partial charge in [-0.15, -0.1) is 0 Å². The minimum absolute atomic E-state index is 0.0373. The fourth-order valence-electron chi connectivity index (χ4n) is 3.74. The van der Waals surface area contributed by atoms with Crippen LogP contribution in [0.5, 0.6) is 17.2 Å². The number of sulfonamides is 1. The van der Waals surface area contributed by atoms with Crippen molar-refractivity contribution in [3.63, 3.8) is 0 Å². The van der Waals surface area contributed by atoms with Gasteiger partial charge in [-0.1, -0.05) is 25.5 Å². The zero-order valence-corrected chi connectivity index (χ0v) is 21.8. The number of carbonyl (C=O) groups is 2. The van der Waals surface area contributed by atoms with Crippen molar-refractivity contribution in [2.45, 2.75) is 39.3 Å². The molecule has 1 aliphatic rings. The zero-order chi connectivity index (χ0) is 26.3. The van der Waals surface area contributed by atoms with Gasteiger partial charge in [-0.25, -0.2) is 8.42 Å². The quantitative estimate of drug-likeness (QED) is 0.429. The van der Waals surface area contributed by atoms with Gasteiger partial charge in [-0.05, 0) is 43.2 Å². The molecule has 36 heavy (non-hydrogen) atoms. The van der Waals surface area contributed by atoms with Crippen LogP contribution < -0.4 is 23.8 Å². The number of nitrogens with one attached hydrogen (secondary N) is 1. The lowest BCUT2D eigenvalue weighted by Crippen LogP contribution is -2.51. The summed E-state index contributed by atoms with van der Waals surface area (Å²) in [6.45, 7) is 3.78. The molecule has 1 aliphatic heterocycles. The monoisotopic (exact) mass is 519 g/mol. The molecule has 0 saturated carbocycles. The van der Waals surface area contributed by atoms with Crippen LogP contribution >= 0.6 is 0 Å². The van der Waals surface area contributed by atoms with E-state index in [9.17, 15) is 18.0 Å². The second-order valence-corrected chi connectivity index (χ2v) is 10.4. The molecular weight excluding hydrogens is 486 g/mol. The Bertz CT molecular complexity index is 1190. The van der Waals surface area contributed by atoms with Gasteiger partial charge in [-0.3, -0.25) is 13.9 Å². The van der Waals surface area contributed by atoms with Crippen molar-refractivity contribution in [1.82, 2.24) is 10.2 Å². The van der Waals surface area contributed by atoms with Gasteiger partial charge >= 0.3 is 0 Å². The third-order valence-corrected chi connectivity index (χ3v) is 6.95. The second kappa shape index (κ2) is 12.0. The second-order valence-electron chi connectivity index (χ2n) is 8.50. The van der Waals surface area contributed by atoms with E-state index in [-0.39, 0.29) is 24.9 Å². The Kier molecular flexibility index (Phi) is 9.03. The van der Waals surface area contributed by atoms with Gasteiger partial charge in [0.25, 0.3) is 0 Å². The van der Waals surface area contributed by atoms with Gasteiger partial charge in [0, 0.05) is 19.2 Å². The standard InChI is InChI=1S/C25H33N3O7S/c1-5-6-12-26-25(30)18(2)27(15-19-8-7-9-21(13-19)33-3)24(29)16-28(36(4,31)32)20-10-11-22-23(14-20)35-17-34-22/h7-11,13-14,18H,5-6,12,15-17H2,1-4H3,(H,26,30). The molecule has 196 valence electrons. The fourth-order valence-corrected chi connectivity index (χ4v) is 4.58. The summed E-state index contributed by atoms with van der Waals surface area (Å²) < 4.78 is 42.3. The number of rotatable bonds is 12. The SMILES string of the molecule is CCCCNC(=O)C(C)N(Cc1cccc(OC)c1)C(=O)CN(c1ccc2c(c1)OCO2)S(C)(=O)=O. The van der Waals surface area contributed by atoms with Gasteiger partial charge < -0.3 is 24.4 Å². The molecule has 0 saturated heterocycles. The van der Waals surface area contributed by atoms with E-state index in [1.54, 1.807) is 44.4 Å². The Morgan fingerprint density at radius 1 is 1.14 bits per heavy atom. The largest absolute Gasteiger partial charge is 0.497 e. The van der Waals surface area contributed by atoms with E-state index in [1.165, 1.54) is 11.0 Å². The number of ether oxygens (including phenoxy) is 3. The van der Waals surface area contributed by atoms with Crippen molar-refractivity contribution in [2.75, 3.05) is 37.6 Å². The zero-order valence-electron chi connectivity index (χ0n) is 21.0. The molecule has 0 aromatic heterocycles. The average Bonchev–Trinajstić information content (AvgIpc) is 3.32. The Morgan fingerprint density at radius 3 is 2.58 bits per heavy atom. The molecule has 10 nitrogen and oxygen atoms in total. The predicted molar refractivity (Wildman–Crippen MR) is 136 cm³/mol. The number of hydrogen-bond acceptors (Lipinski definition) is 7. The van der Waals surface area contributed by atoms with E-state index in [0.717, 1.165) is 29.0 Å². The van der Waals surface area contributed by atoms with Gasteiger partial charge in [0.1, 0.15) is 18.3 Å². The lowest BCUT2D eigenvalue weighted by molar-refractivity contribution is -0.139. The Morgan fingerprint density at radius 2 is 1.89 bits per heavy atom. The predicted octanol–water partition coefficient (Wildman–Crippen LogP) is 2.52. The van der Waals surface area contributed by atoms with E-state index in [0.29, 0.717) is 23.8 Å². The Hall–Kier alpha value is -3.47. The highest BCUT2D eigenvalue weighted by Crippen LogP contribution is 2.36. The number of anilines is 1. The molecule has 1 N–H and O–H groups in total. The Balaban J connectivity index is 1.89. The molecule has 2 amide bonds. The molecule has 1 heterocycles. The highest BCUT2D eigenvalue weighted by atomic mass is 32.2. The molecule has 0 radical (unpaired) electrons. The molecule has 1 unspecified atom stereocenters. The lowest BCUT2D eigenvalue weighted by atomic mass is 10.1. The van der Waals surface area contributed by atoms with Crippen LogP contribution in [-0.4, -0.2) is 64.4 Å². The summed E-state index contributed by atoms with van der Waals surface area (Å²) in [4.78, 5) is 27.8. The van der Waals surface area contributed by atoms with Crippen LogP contribution in [-0.2, 0) is 26.2 Å². The first-order valence-corrected chi connectivity index (χ1v) is 13.6. The molecule has 3 rings (SSSR count). The third kappa shape index (κ3) is 6.81. The number of unbranched alkanes of at least 4 members (excludes halogenated alkanes) is 1. The number of amides is 2. The molecular formula is C25H33N3O7S. The molecule has 11 heteroatoms.